The van der Waals surface area contributed by atoms with E-state index in [0.29, 0.717) is 30.6 Å². The Bertz CT molecular complexity index is 636. The summed E-state index contributed by atoms with van der Waals surface area (Å²) < 4.78 is 46.3. The Hall–Kier alpha value is -1.20. The Labute approximate surface area is 180 Å². The molecule has 0 N–H and O–H groups in total. The summed E-state index contributed by atoms with van der Waals surface area (Å²) in [5, 5.41) is 0. The molecule has 1 aliphatic carbocycles. The van der Waals surface area contributed by atoms with Gasteiger partial charge in [-0.05, 0) is 80.8 Å². The first kappa shape index (κ1) is 23.5. The van der Waals surface area contributed by atoms with Crippen LogP contribution in [0.1, 0.15) is 89.5 Å². The number of halogens is 2. The van der Waals surface area contributed by atoms with Crippen LogP contribution in [-0.4, -0.2) is 26.1 Å². The highest BCUT2D eigenvalue weighted by Gasteiger charge is 2.28. The van der Waals surface area contributed by atoms with E-state index in [4.69, 9.17) is 14.2 Å². The molecule has 1 aliphatic heterocycles. The first-order chi connectivity index (χ1) is 14.6. The van der Waals surface area contributed by atoms with Crippen molar-refractivity contribution < 1.29 is 23.0 Å². The summed E-state index contributed by atoms with van der Waals surface area (Å²) in [6, 6.07) is 3.30. The highest BCUT2D eigenvalue weighted by molar-refractivity contribution is 5.33. The fourth-order valence-electron chi connectivity index (χ4n) is 4.73. The molecule has 1 saturated carbocycles. The molecule has 0 amide bonds. The van der Waals surface area contributed by atoms with Crippen LogP contribution in [0.15, 0.2) is 12.1 Å². The quantitative estimate of drug-likeness (QED) is 0.379. The number of rotatable bonds is 10. The minimum absolute atomic E-state index is 0.0282. The van der Waals surface area contributed by atoms with E-state index >= 15 is 0 Å². The summed E-state index contributed by atoms with van der Waals surface area (Å²) in [5.74, 6) is -0.320. The fourth-order valence-corrected chi connectivity index (χ4v) is 4.73. The highest BCUT2D eigenvalue weighted by atomic mass is 19.2. The van der Waals surface area contributed by atoms with Gasteiger partial charge in [0.05, 0.1) is 19.8 Å². The summed E-state index contributed by atoms with van der Waals surface area (Å²) in [6.45, 7) is 6.19. The smallest absolute Gasteiger partial charge is 0.200 e. The van der Waals surface area contributed by atoms with Crippen molar-refractivity contribution in [2.45, 2.75) is 90.3 Å². The van der Waals surface area contributed by atoms with Gasteiger partial charge >= 0.3 is 0 Å². The van der Waals surface area contributed by atoms with Crippen LogP contribution in [0.2, 0.25) is 0 Å². The van der Waals surface area contributed by atoms with E-state index < -0.39 is 11.6 Å². The van der Waals surface area contributed by atoms with E-state index in [9.17, 15) is 8.78 Å². The number of ether oxygens (including phenoxy) is 3. The van der Waals surface area contributed by atoms with Gasteiger partial charge in [0, 0.05) is 0 Å². The molecule has 0 spiro atoms. The first-order valence-corrected chi connectivity index (χ1v) is 12.0. The zero-order valence-corrected chi connectivity index (χ0v) is 18.6. The minimum Gasteiger partial charge on any atom is -0.490 e. The maximum absolute atomic E-state index is 14.6. The number of hydrogen-bond donors (Lipinski definition) is 0. The van der Waals surface area contributed by atoms with Gasteiger partial charge in [0.25, 0.3) is 0 Å². The standard InChI is InChI=1S/C25H38F2O3/c1-3-5-15-28-22-13-12-21(24(26)25(22)27)20-10-7-19(8-11-20)17-30-23-14-9-18(6-4-2)16-29-23/h12-13,18-20,23H,3-11,14-17H2,1-2H3. The van der Waals surface area contributed by atoms with Crippen LogP contribution in [0, 0.1) is 23.5 Å². The van der Waals surface area contributed by atoms with Crippen LogP contribution in [0.5, 0.6) is 5.75 Å². The lowest BCUT2D eigenvalue weighted by Gasteiger charge is -2.32. The van der Waals surface area contributed by atoms with Crippen molar-refractivity contribution in [2.75, 3.05) is 19.8 Å². The Morgan fingerprint density at radius 2 is 1.70 bits per heavy atom. The van der Waals surface area contributed by atoms with Crippen LogP contribution >= 0.6 is 0 Å². The lowest BCUT2D eigenvalue weighted by atomic mass is 9.79. The maximum atomic E-state index is 14.6. The SMILES string of the molecule is CCCCOc1ccc(C2CCC(COC3CCC(CCC)CO3)CC2)c(F)c1F. The van der Waals surface area contributed by atoms with Gasteiger partial charge in [-0.25, -0.2) is 4.39 Å². The second-order valence-corrected chi connectivity index (χ2v) is 9.03. The van der Waals surface area contributed by atoms with E-state index in [1.165, 1.54) is 19.3 Å². The summed E-state index contributed by atoms with van der Waals surface area (Å²) in [5.41, 5.74) is 0.493. The highest BCUT2D eigenvalue weighted by Crippen LogP contribution is 2.39. The van der Waals surface area contributed by atoms with Crippen molar-refractivity contribution in [3.05, 3.63) is 29.3 Å². The molecule has 5 heteroatoms. The topological polar surface area (TPSA) is 27.7 Å². The first-order valence-electron chi connectivity index (χ1n) is 12.0. The molecule has 3 rings (SSSR count). The minimum atomic E-state index is -0.843. The number of benzene rings is 1. The zero-order chi connectivity index (χ0) is 21.3. The molecule has 170 valence electrons. The molecule has 1 aromatic rings. The summed E-state index contributed by atoms with van der Waals surface area (Å²) >= 11 is 0. The van der Waals surface area contributed by atoms with Gasteiger partial charge < -0.3 is 14.2 Å². The third-order valence-electron chi connectivity index (χ3n) is 6.66. The molecular weight excluding hydrogens is 386 g/mol. The van der Waals surface area contributed by atoms with Gasteiger partial charge in [0.1, 0.15) is 0 Å². The van der Waals surface area contributed by atoms with Crippen molar-refractivity contribution >= 4 is 0 Å². The van der Waals surface area contributed by atoms with Crippen molar-refractivity contribution in [1.29, 1.82) is 0 Å². The predicted octanol–water partition coefficient (Wildman–Crippen LogP) is 6.99. The molecule has 2 fully saturated rings. The summed E-state index contributed by atoms with van der Waals surface area (Å²) in [6.07, 6.45) is 10.0. The molecule has 2 atom stereocenters. The largest absolute Gasteiger partial charge is 0.490 e. The van der Waals surface area contributed by atoms with E-state index in [2.05, 4.69) is 6.92 Å². The van der Waals surface area contributed by atoms with E-state index in [1.807, 2.05) is 6.92 Å². The molecule has 1 heterocycles. The lowest BCUT2D eigenvalue weighted by Crippen LogP contribution is -2.30. The second kappa shape index (κ2) is 12.0. The number of hydrogen-bond acceptors (Lipinski definition) is 3. The second-order valence-electron chi connectivity index (χ2n) is 9.03. The van der Waals surface area contributed by atoms with Crippen LogP contribution in [0.4, 0.5) is 8.78 Å². The molecule has 0 bridgehead atoms. The van der Waals surface area contributed by atoms with Gasteiger partial charge in [0.15, 0.2) is 17.9 Å². The molecule has 30 heavy (non-hydrogen) atoms. The third kappa shape index (κ3) is 6.40. The van der Waals surface area contributed by atoms with E-state index in [0.717, 1.165) is 51.6 Å². The Morgan fingerprint density at radius 3 is 2.37 bits per heavy atom. The molecule has 2 unspecified atom stereocenters. The summed E-state index contributed by atoms with van der Waals surface area (Å²) in [7, 11) is 0. The Kier molecular flexibility index (Phi) is 9.38. The van der Waals surface area contributed by atoms with Crippen molar-refractivity contribution in [3.63, 3.8) is 0 Å². The van der Waals surface area contributed by atoms with Gasteiger partial charge in [-0.15, -0.1) is 0 Å². The molecule has 1 aromatic carbocycles. The molecule has 2 aliphatic rings. The predicted molar refractivity (Wildman–Crippen MR) is 115 cm³/mol. The van der Waals surface area contributed by atoms with Crippen molar-refractivity contribution in [3.8, 4) is 5.75 Å². The molecule has 0 aromatic heterocycles. The van der Waals surface area contributed by atoms with Crippen molar-refractivity contribution in [2.24, 2.45) is 11.8 Å². The molecule has 3 nitrogen and oxygen atoms in total. The van der Waals surface area contributed by atoms with Crippen LogP contribution < -0.4 is 4.74 Å². The van der Waals surface area contributed by atoms with E-state index in [1.54, 1.807) is 12.1 Å². The molecule has 0 radical (unpaired) electrons. The van der Waals surface area contributed by atoms with Gasteiger partial charge in [-0.1, -0.05) is 32.8 Å². The monoisotopic (exact) mass is 424 g/mol. The fraction of sp³-hybridized carbons (Fsp3) is 0.760. The average Bonchev–Trinajstić information content (AvgIpc) is 2.77. The number of unbranched alkanes of at least 4 members (excludes halogenated alkanes) is 1. The summed E-state index contributed by atoms with van der Waals surface area (Å²) in [4.78, 5) is 0. The van der Waals surface area contributed by atoms with Crippen LogP contribution in [-0.2, 0) is 9.47 Å². The van der Waals surface area contributed by atoms with Crippen LogP contribution in [0.3, 0.4) is 0 Å². The molecule has 1 saturated heterocycles. The van der Waals surface area contributed by atoms with E-state index in [-0.39, 0.29) is 18.0 Å². The normalized spacial score (nSPS) is 27.2. The Morgan fingerprint density at radius 1 is 0.933 bits per heavy atom. The van der Waals surface area contributed by atoms with Crippen molar-refractivity contribution in [1.82, 2.24) is 0 Å². The zero-order valence-electron chi connectivity index (χ0n) is 18.6. The lowest BCUT2D eigenvalue weighted by molar-refractivity contribution is -0.183. The Balaban J connectivity index is 1.42. The van der Waals surface area contributed by atoms with Crippen LogP contribution in [0.25, 0.3) is 0 Å². The van der Waals surface area contributed by atoms with Gasteiger partial charge in [-0.3, -0.25) is 0 Å². The van der Waals surface area contributed by atoms with Gasteiger partial charge in [-0.2, -0.15) is 4.39 Å². The van der Waals surface area contributed by atoms with Gasteiger partial charge in [0.2, 0.25) is 5.82 Å². The molecular formula is C25H38F2O3. The average molecular weight is 425 g/mol. The maximum Gasteiger partial charge on any atom is 0.200 e. The third-order valence-corrected chi connectivity index (χ3v) is 6.66.